The normalized spacial score (nSPS) is 16.8. The average molecular weight is 376 g/mol. The largest absolute Gasteiger partial charge is 0.345 e. The van der Waals surface area contributed by atoms with Crippen molar-refractivity contribution in [2.75, 3.05) is 17.6 Å². The molecule has 1 amide bonds. The molecule has 1 aromatic carbocycles. The van der Waals surface area contributed by atoms with E-state index >= 15 is 0 Å². The molecule has 0 spiro atoms. The minimum Gasteiger partial charge on any atom is -0.345 e. The molecule has 0 saturated heterocycles. The molecule has 1 N–H and O–H groups in total. The van der Waals surface area contributed by atoms with Crippen LogP contribution in [0.4, 0.5) is 5.69 Å². The molecular weight excluding hydrogens is 352 g/mol. The third kappa shape index (κ3) is 3.46. The summed E-state index contributed by atoms with van der Waals surface area (Å²) in [6.07, 6.45) is 4.02. The molecule has 140 valence electrons. The summed E-state index contributed by atoms with van der Waals surface area (Å²) in [5.41, 5.74) is 4.29. The highest BCUT2D eigenvalue weighted by Gasteiger charge is 2.27. The maximum atomic E-state index is 12.6. The van der Waals surface area contributed by atoms with Crippen LogP contribution < -0.4 is 9.62 Å². The second-order valence-electron chi connectivity index (χ2n) is 6.77. The van der Waals surface area contributed by atoms with E-state index in [2.05, 4.69) is 10.4 Å². The molecule has 8 heteroatoms. The summed E-state index contributed by atoms with van der Waals surface area (Å²) in [4.78, 5) is 12.6. The monoisotopic (exact) mass is 376 g/mol. The van der Waals surface area contributed by atoms with E-state index < -0.39 is 10.0 Å². The van der Waals surface area contributed by atoms with Gasteiger partial charge in [-0.1, -0.05) is 0 Å². The van der Waals surface area contributed by atoms with E-state index in [1.807, 2.05) is 18.7 Å². The molecule has 1 aliphatic rings. The van der Waals surface area contributed by atoms with Gasteiger partial charge in [0.2, 0.25) is 10.0 Å². The number of benzene rings is 1. The van der Waals surface area contributed by atoms with Gasteiger partial charge in [-0.2, -0.15) is 5.10 Å². The fraction of sp³-hybridized carbons (Fsp3) is 0.444. The molecule has 0 radical (unpaired) electrons. The van der Waals surface area contributed by atoms with Crippen molar-refractivity contribution in [1.29, 1.82) is 0 Å². The van der Waals surface area contributed by atoms with Gasteiger partial charge < -0.3 is 5.32 Å². The highest BCUT2D eigenvalue weighted by atomic mass is 32.2. The molecule has 3 rings (SSSR count). The van der Waals surface area contributed by atoms with Crippen LogP contribution in [0.5, 0.6) is 0 Å². The number of sulfonamides is 1. The van der Waals surface area contributed by atoms with E-state index in [9.17, 15) is 13.2 Å². The Hall–Kier alpha value is -2.35. The maximum absolute atomic E-state index is 12.6. The number of carbonyl (C=O) groups excluding carboxylic acids is 1. The SMILES string of the molecule is Cc1nn(C)c2c1C(NC(=O)c1ccc(N(C)S(C)(=O)=O)cc1)CCC2. The highest BCUT2D eigenvalue weighted by molar-refractivity contribution is 7.92. The Bertz CT molecular complexity index is 932. The number of nitrogens with zero attached hydrogens (tertiary/aromatic N) is 3. The number of aromatic nitrogens is 2. The minimum atomic E-state index is -3.32. The van der Waals surface area contributed by atoms with Gasteiger partial charge in [0, 0.05) is 30.9 Å². The molecule has 0 saturated carbocycles. The van der Waals surface area contributed by atoms with E-state index in [0.29, 0.717) is 11.3 Å². The number of anilines is 1. The second-order valence-corrected chi connectivity index (χ2v) is 8.78. The number of amides is 1. The summed E-state index contributed by atoms with van der Waals surface area (Å²) >= 11 is 0. The van der Waals surface area contributed by atoms with Crippen LogP contribution in [0.1, 0.15) is 46.2 Å². The molecule has 0 fully saturated rings. The topological polar surface area (TPSA) is 84.3 Å². The Balaban J connectivity index is 1.78. The Morgan fingerprint density at radius 1 is 1.31 bits per heavy atom. The number of fused-ring (bicyclic) bond motifs is 1. The predicted octanol–water partition coefficient (Wildman–Crippen LogP) is 1.93. The van der Waals surface area contributed by atoms with Crippen LogP contribution in [0.15, 0.2) is 24.3 Å². The van der Waals surface area contributed by atoms with Crippen LogP contribution in [0.3, 0.4) is 0 Å². The lowest BCUT2D eigenvalue weighted by Crippen LogP contribution is -2.31. The lowest BCUT2D eigenvalue weighted by atomic mass is 9.90. The van der Waals surface area contributed by atoms with Crippen LogP contribution >= 0.6 is 0 Å². The van der Waals surface area contributed by atoms with Crippen LogP contribution in [0.2, 0.25) is 0 Å². The van der Waals surface area contributed by atoms with Gasteiger partial charge in [0.1, 0.15) is 0 Å². The Morgan fingerprint density at radius 3 is 2.58 bits per heavy atom. The molecule has 2 aromatic rings. The molecule has 1 aliphatic carbocycles. The van der Waals surface area contributed by atoms with E-state index in [-0.39, 0.29) is 11.9 Å². The molecule has 1 aromatic heterocycles. The molecule has 1 unspecified atom stereocenters. The van der Waals surface area contributed by atoms with Crippen molar-refractivity contribution in [2.45, 2.75) is 32.2 Å². The zero-order valence-corrected chi connectivity index (χ0v) is 16.3. The molecule has 0 aliphatic heterocycles. The zero-order chi connectivity index (χ0) is 19.1. The van der Waals surface area contributed by atoms with Gasteiger partial charge >= 0.3 is 0 Å². The fourth-order valence-electron chi connectivity index (χ4n) is 3.49. The van der Waals surface area contributed by atoms with Crippen molar-refractivity contribution in [1.82, 2.24) is 15.1 Å². The van der Waals surface area contributed by atoms with Gasteiger partial charge in [0.25, 0.3) is 5.91 Å². The lowest BCUT2D eigenvalue weighted by Gasteiger charge is -2.24. The molecule has 1 heterocycles. The summed E-state index contributed by atoms with van der Waals surface area (Å²) in [5, 5.41) is 7.58. The van der Waals surface area contributed by atoms with Gasteiger partial charge in [-0.3, -0.25) is 13.8 Å². The van der Waals surface area contributed by atoms with E-state index in [1.54, 1.807) is 24.3 Å². The van der Waals surface area contributed by atoms with Crippen molar-refractivity contribution in [3.8, 4) is 0 Å². The van der Waals surface area contributed by atoms with Crippen LogP contribution in [-0.4, -0.2) is 37.4 Å². The average Bonchev–Trinajstić information content (AvgIpc) is 2.89. The number of hydrogen-bond donors (Lipinski definition) is 1. The first-order valence-corrected chi connectivity index (χ1v) is 10.4. The first kappa shape index (κ1) is 18.4. The minimum absolute atomic E-state index is 0.0432. The number of carbonyl (C=O) groups is 1. The van der Waals surface area contributed by atoms with Crippen molar-refractivity contribution >= 4 is 21.6 Å². The molecule has 7 nitrogen and oxygen atoms in total. The third-order valence-electron chi connectivity index (χ3n) is 4.94. The van der Waals surface area contributed by atoms with Gasteiger partial charge in [-0.25, -0.2) is 8.42 Å². The Morgan fingerprint density at radius 2 is 1.96 bits per heavy atom. The van der Waals surface area contributed by atoms with Crippen molar-refractivity contribution in [2.24, 2.45) is 7.05 Å². The highest BCUT2D eigenvalue weighted by Crippen LogP contribution is 2.32. The van der Waals surface area contributed by atoms with Gasteiger partial charge in [0.05, 0.1) is 23.7 Å². The van der Waals surface area contributed by atoms with E-state index in [4.69, 9.17) is 0 Å². The van der Waals surface area contributed by atoms with Gasteiger partial charge in [-0.05, 0) is 50.5 Å². The van der Waals surface area contributed by atoms with Crippen molar-refractivity contribution < 1.29 is 13.2 Å². The molecule has 26 heavy (non-hydrogen) atoms. The van der Waals surface area contributed by atoms with Crippen molar-refractivity contribution in [3.63, 3.8) is 0 Å². The summed E-state index contributed by atoms with van der Waals surface area (Å²) in [6, 6.07) is 6.52. The van der Waals surface area contributed by atoms with Crippen LogP contribution in [0, 0.1) is 6.92 Å². The van der Waals surface area contributed by atoms with Crippen LogP contribution in [0.25, 0.3) is 0 Å². The number of rotatable bonds is 4. The van der Waals surface area contributed by atoms with Gasteiger partial charge in [-0.15, -0.1) is 0 Å². The Kier molecular flexibility index (Phi) is 4.79. The summed E-state index contributed by atoms with van der Waals surface area (Å²) in [5.74, 6) is -0.167. The van der Waals surface area contributed by atoms with Crippen molar-refractivity contribution in [3.05, 3.63) is 46.8 Å². The summed E-state index contributed by atoms with van der Waals surface area (Å²) in [7, 11) is 0.0988. The molecule has 0 bridgehead atoms. The quantitative estimate of drug-likeness (QED) is 0.884. The standard InChI is InChI=1S/C18H24N4O3S/c1-12-17-15(6-5-7-16(17)21(2)20-12)19-18(23)13-8-10-14(11-9-13)22(3)26(4,24)25/h8-11,15H,5-7H2,1-4H3,(H,19,23). The third-order valence-corrected chi connectivity index (χ3v) is 6.15. The van der Waals surface area contributed by atoms with Crippen LogP contribution in [-0.2, 0) is 23.5 Å². The molecule has 1 atom stereocenters. The summed E-state index contributed by atoms with van der Waals surface area (Å²) in [6.45, 7) is 1.97. The molecular formula is C18H24N4O3S. The Labute approximate surface area is 154 Å². The maximum Gasteiger partial charge on any atom is 0.251 e. The summed E-state index contributed by atoms with van der Waals surface area (Å²) < 4.78 is 26.3. The van der Waals surface area contributed by atoms with E-state index in [0.717, 1.165) is 36.8 Å². The smallest absolute Gasteiger partial charge is 0.251 e. The number of aryl methyl sites for hydroxylation is 2. The van der Waals surface area contributed by atoms with E-state index in [1.165, 1.54) is 17.0 Å². The number of nitrogens with one attached hydrogen (secondary N) is 1. The lowest BCUT2D eigenvalue weighted by molar-refractivity contribution is 0.0932. The zero-order valence-electron chi connectivity index (χ0n) is 15.5. The second kappa shape index (κ2) is 6.75. The first-order chi connectivity index (χ1) is 12.2. The fourth-order valence-corrected chi connectivity index (χ4v) is 3.99. The number of hydrogen-bond acceptors (Lipinski definition) is 4. The van der Waals surface area contributed by atoms with Gasteiger partial charge in [0.15, 0.2) is 0 Å². The first-order valence-electron chi connectivity index (χ1n) is 8.55. The predicted molar refractivity (Wildman–Crippen MR) is 101 cm³/mol.